The Morgan fingerprint density at radius 1 is 0.906 bits per heavy atom. The zero-order valence-corrected chi connectivity index (χ0v) is 18.8. The molecule has 0 fully saturated rings. The summed E-state index contributed by atoms with van der Waals surface area (Å²) in [5.74, 6) is -0.0564. The topological polar surface area (TPSA) is 58.6 Å². The second kappa shape index (κ2) is 11.9. The third-order valence-electron chi connectivity index (χ3n) is 5.01. The fourth-order valence-electron chi connectivity index (χ4n) is 3.41. The SMILES string of the molecule is CCNC(=O)C(Cc1ccccc1)N(Cc1ccccc1)C(=O)COc1ccccc1Cl. The van der Waals surface area contributed by atoms with E-state index in [-0.39, 0.29) is 18.4 Å². The molecule has 1 atom stereocenters. The second-order valence-electron chi connectivity index (χ2n) is 7.33. The van der Waals surface area contributed by atoms with E-state index in [2.05, 4.69) is 5.32 Å². The van der Waals surface area contributed by atoms with Crippen molar-refractivity contribution < 1.29 is 14.3 Å². The highest BCUT2D eigenvalue weighted by atomic mass is 35.5. The number of para-hydroxylation sites is 1. The van der Waals surface area contributed by atoms with Crippen LogP contribution in [0.25, 0.3) is 0 Å². The minimum absolute atomic E-state index is 0.196. The maximum absolute atomic E-state index is 13.4. The minimum Gasteiger partial charge on any atom is -0.482 e. The highest BCUT2D eigenvalue weighted by molar-refractivity contribution is 6.32. The Morgan fingerprint density at radius 2 is 1.50 bits per heavy atom. The highest BCUT2D eigenvalue weighted by Crippen LogP contribution is 2.23. The van der Waals surface area contributed by atoms with Gasteiger partial charge in [0.2, 0.25) is 5.91 Å². The molecule has 0 bridgehead atoms. The summed E-state index contributed by atoms with van der Waals surface area (Å²) in [4.78, 5) is 28.0. The largest absolute Gasteiger partial charge is 0.482 e. The number of amides is 2. The zero-order chi connectivity index (χ0) is 22.8. The summed E-state index contributed by atoms with van der Waals surface area (Å²) >= 11 is 6.16. The van der Waals surface area contributed by atoms with Crippen molar-refractivity contribution in [3.8, 4) is 5.75 Å². The second-order valence-corrected chi connectivity index (χ2v) is 7.73. The van der Waals surface area contributed by atoms with Crippen LogP contribution in [0.15, 0.2) is 84.9 Å². The third-order valence-corrected chi connectivity index (χ3v) is 5.32. The van der Waals surface area contributed by atoms with E-state index in [1.807, 2.05) is 67.6 Å². The number of hydrogen-bond acceptors (Lipinski definition) is 3. The molecule has 1 N–H and O–H groups in total. The van der Waals surface area contributed by atoms with Gasteiger partial charge in [-0.3, -0.25) is 9.59 Å². The average molecular weight is 451 g/mol. The number of nitrogens with one attached hydrogen (secondary N) is 1. The molecule has 0 saturated carbocycles. The van der Waals surface area contributed by atoms with E-state index in [1.54, 1.807) is 29.2 Å². The molecule has 5 nitrogen and oxygen atoms in total. The Hall–Kier alpha value is -3.31. The van der Waals surface area contributed by atoms with Gasteiger partial charge in [0.25, 0.3) is 5.91 Å². The van der Waals surface area contributed by atoms with E-state index in [0.29, 0.717) is 30.3 Å². The van der Waals surface area contributed by atoms with Gasteiger partial charge < -0.3 is 15.0 Å². The summed E-state index contributed by atoms with van der Waals surface area (Å²) in [6, 6.07) is 25.6. The first-order chi connectivity index (χ1) is 15.6. The van der Waals surface area contributed by atoms with Crippen molar-refractivity contribution in [2.24, 2.45) is 0 Å². The van der Waals surface area contributed by atoms with Crippen LogP contribution < -0.4 is 10.1 Å². The Labute approximate surface area is 194 Å². The van der Waals surface area contributed by atoms with Crippen LogP contribution in [-0.4, -0.2) is 35.9 Å². The van der Waals surface area contributed by atoms with E-state index in [4.69, 9.17) is 16.3 Å². The number of carbonyl (C=O) groups is 2. The molecule has 0 aromatic heterocycles. The summed E-state index contributed by atoms with van der Waals surface area (Å²) in [5, 5.41) is 3.31. The molecule has 0 radical (unpaired) electrons. The van der Waals surface area contributed by atoms with Crippen LogP contribution in [-0.2, 0) is 22.6 Å². The van der Waals surface area contributed by atoms with Gasteiger partial charge in [0.1, 0.15) is 11.8 Å². The molecule has 3 rings (SSSR count). The number of rotatable bonds is 10. The highest BCUT2D eigenvalue weighted by Gasteiger charge is 2.30. The molecule has 0 aliphatic rings. The number of hydrogen-bond donors (Lipinski definition) is 1. The summed E-state index contributed by atoms with van der Waals surface area (Å²) < 4.78 is 5.70. The lowest BCUT2D eigenvalue weighted by Gasteiger charge is -2.31. The normalized spacial score (nSPS) is 11.4. The van der Waals surface area contributed by atoms with Crippen molar-refractivity contribution in [3.63, 3.8) is 0 Å². The first kappa shape index (κ1) is 23.4. The van der Waals surface area contributed by atoms with Crippen LogP contribution >= 0.6 is 11.6 Å². The van der Waals surface area contributed by atoms with Gasteiger partial charge >= 0.3 is 0 Å². The molecule has 0 aliphatic heterocycles. The first-order valence-corrected chi connectivity index (χ1v) is 11.0. The Kier molecular flexibility index (Phi) is 8.70. The first-order valence-electron chi connectivity index (χ1n) is 10.6. The van der Waals surface area contributed by atoms with Crippen LogP contribution in [0.4, 0.5) is 0 Å². The average Bonchev–Trinajstić information content (AvgIpc) is 2.82. The smallest absolute Gasteiger partial charge is 0.261 e. The van der Waals surface area contributed by atoms with Crippen LogP contribution in [0.5, 0.6) is 5.75 Å². The third kappa shape index (κ3) is 6.59. The lowest BCUT2D eigenvalue weighted by Crippen LogP contribution is -2.51. The fraction of sp³-hybridized carbons (Fsp3) is 0.231. The number of halogens is 1. The van der Waals surface area contributed by atoms with Crippen molar-refractivity contribution in [3.05, 3.63) is 101 Å². The molecule has 0 spiro atoms. The Balaban J connectivity index is 1.87. The maximum atomic E-state index is 13.4. The number of ether oxygens (including phenoxy) is 1. The van der Waals surface area contributed by atoms with Gasteiger partial charge in [0, 0.05) is 19.5 Å². The number of likely N-dealkylation sites (N-methyl/N-ethyl adjacent to an activating group) is 1. The predicted molar refractivity (Wildman–Crippen MR) is 127 cm³/mol. The van der Waals surface area contributed by atoms with Crippen molar-refractivity contribution in [1.29, 1.82) is 0 Å². The molecule has 0 heterocycles. The fourth-order valence-corrected chi connectivity index (χ4v) is 3.60. The summed E-state index contributed by atoms with van der Waals surface area (Å²) in [6.45, 7) is 2.41. The molecule has 32 heavy (non-hydrogen) atoms. The van der Waals surface area contributed by atoms with Crippen LogP contribution in [0.1, 0.15) is 18.1 Å². The molecule has 1 unspecified atom stereocenters. The van der Waals surface area contributed by atoms with Gasteiger partial charge in [-0.1, -0.05) is 84.4 Å². The standard InChI is InChI=1S/C26H27ClN2O3/c1-2-28-26(31)23(17-20-11-5-3-6-12-20)29(18-21-13-7-4-8-14-21)25(30)19-32-24-16-10-9-15-22(24)27/h3-16,23H,2,17-19H2,1H3,(H,28,31). The van der Waals surface area contributed by atoms with Gasteiger partial charge in [0.05, 0.1) is 5.02 Å². The lowest BCUT2D eigenvalue weighted by atomic mass is 10.0. The van der Waals surface area contributed by atoms with Crippen molar-refractivity contribution in [1.82, 2.24) is 10.2 Å². The molecular weight excluding hydrogens is 424 g/mol. The van der Waals surface area contributed by atoms with E-state index < -0.39 is 6.04 Å². The molecule has 2 amide bonds. The van der Waals surface area contributed by atoms with E-state index in [1.165, 1.54) is 0 Å². The van der Waals surface area contributed by atoms with E-state index >= 15 is 0 Å². The molecule has 3 aromatic rings. The summed E-state index contributed by atoms with van der Waals surface area (Å²) in [5.41, 5.74) is 1.91. The van der Waals surface area contributed by atoms with Gasteiger partial charge in [0.15, 0.2) is 6.61 Å². The van der Waals surface area contributed by atoms with E-state index in [9.17, 15) is 9.59 Å². The number of benzene rings is 3. The van der Waals surface area contributed by atoms with E-state index in [0.717, 1.165) is 11.1 Å². The molecule has 0 saturated heterocycles. The zero-order valence-electron chi connectivity index (χ0n) is 18.0. The van der Waals surface area contributed by atoms with Crippen LogP contribution in [0.2, 0.25) is 5.02 Å². The molecule has 3 aromatic carbocycles. The Morgan fingerprint density at radius 3 is 2.12 bits per heavy atom. The van der Waals surface area contributed by atoms with Gasteiger partial charge in [-0.2, -0.15) is 0 Å². The number of carbonyl (C=O) groups excluding carboxylic acids is 2. The van der Waals surface area contributed by atoms with Gasteiger partial charge in [-0.05, 0) is 30.2 Å². The van der Waals surface area contributed by atoms with Crippen molar-refractivity contribution in [2.45, 2.75) is 25.9 Å². The minimum atomic E-state index is -0.681. The predicted octanol–water partition coefficient (Wildman–Crippen LogP) is 4.50. The van der Waals surface area contributed by atoms with Crippen LogP contribution in [0.3, 0.4) is 0 Å². The van der Waals surface area contributed by atoms with Crippen molar-refractivity contribution in [2.75, 3.05) is 13.2 Å². The summed E-state index contributed by atoms with van der Waals surface area (Å²) in [6.07, 6.45) is 0.400. The quantitative estimate of drug-likeness (QED) is 0.495. The van der Waals surface area contributed by atoms with Crippen LogP contribution in [0, 0.1) is 0 Å². The summed E-state index contributed by atoms with van der Waals surface area (Å²) in [7, 11) is 0. The van der Waals surface area contributed by atoms with Crippen molar-refractivity contribution >= 4 is 23.4 Å². The number of nitrogens with zero attached hydrogens (tertiary/aromatic N) is 1. The van der Waals surface area contributed by atoms with Gasteiger partial charge in [-0.25, -0.2) is 0 Å². The van der Waals surface area contributed by atoms with Gasteiger partial charge in [-0.15, -0.1) is 0 Å². The molecular formula is C26H27ClN2O3. The molecule has 6 heteroatoms. The molecule has 166 valence electrons. The molecule has 0 aliphatic carbocycles. The lowest BCUT2D eigenvalue weighted by molar-refractivity contribution is -0.142. The maximum Gasteiger partial charge on any atom is 0.261 e. The monoisotopic (exact) mass is 450 g/mol. The Bertz CT molecular complexity index is 1010.